The quantitative estimate of drug-likeness (QED) is 0.595. The van der Waals surface area contributed by atoms with Crippen molar-refractivity contribution in [3.05, 3.63) is 56.9 Å². The highest BCUT2D eigenvalue weighted by atomic mass is 35.5. The minimum Gasteiger partial charge on any atom is -0.321 e. The van der Waals surface area contributed by atoms with Crippen molar-refractivity contribution in [2.24, 2.45) is 0 Å². The molecule has 0 unspecified atom stereocenters. The molecule has 1 aromatic carbocycles. The summed E-state index contributed by atoms with van der Waals surface area (Å²) in [5, 5.41) is 3.58. The molecule has 1 amide bonds. The molecule has 0 aliphatic carbocycles. The van der Waals surface area contributed by atoms with Crippen molar-refractivity contribution in [3.8, 4) is 0 Å². The van der Waals surface area contributed by atoms with E-state index < -0.39 is 0 Å². The minimum absolute atomic E-state index is 0.206. The second kappa shape index (κ2) is 9.38. The summed E-state index contributed by atoms with van der Waals surface area (Å²) in [5.74, 6) is 0.345. The van der Waals surface area contributed by atoms with Crippen molar-refractivity contribution < 1.29 is 4.79 Å². The summed E-state index contributed by atoms with van der Waals surface area (Å²) in [6.07, 6.45) is 3.21. The van der Waals surface area contributed by atoms with Crippen LogP contribution in [0.2, 0.25) is 5.02 Å². The lowest BCUT2D eigenvalue weighted by Crippen LogP contribution is -2.18. The summed E-state index contributed by atoms with van der Waals surface area (Å²) in [4.78, 5) is 17.6. The van der Waals surface area contributed by atoms with Crippen LogP contribution in [0.25, 0.3) is 0 Å². The SMILES string of the molecule is CCc1cccc(CC)c1NC(=O)c1c(C)nc(C)c(CCCCl)c1Cl. The smallest absolute Gasteiger partial charge is 0.259 e. The van der Waals surface area contributed by atoms with Gasteiger partial charge in [-0.25, -0.2) is 0 Å². The highest BCUT2D eigenvalue weighted by Crippen LogP contribution is 2.29. The number of aryl methyl sites for hydroxylation is 4. The number of hydrogen-bond acceptors (Lipinski definition) is 2. The fourth-order valence-electron chi connectivity index (χ4n) is 3.22. The number of nitrogens with zero attached hydrogens (tertiary/aromatic N) is 1. The molecule has 0 spiro atoms. The maximum Gasteiger partial charge on any atom is 0.259 e. The molecule has 2 rings (SSSR count). The Balaban J connectivity index is 2.45. The fraction of sp³-hybridized carbons (Fsp3) is 0.429. The highest BCUT2D eigenvalue weighted by molar-refractivity contribution is 6.35. The highest BCUT2D eigenvalue weighted by Gasteiger charge is 2.21. The van der Waals surface area contributed by atoms with E-state index in [0.717, 1.165) is 47.3 Å². The summed E-state index contributed by atoms with van der Waals surface area (Å²) in [6.45, 7) is 7.91. The van der Waals surface area contributed by atoms with Crippen LogP contribution < -0.4 is 5.32 Å². The lowest BCUT2D eigenvalue weighted by Gasteiger charge is -2.17. The summed E-state index contributed by atoms with van der Waals surface area (Å²) in [6, 6.07) is 6.12. The first-order valence-electron chi connectivity index (χ1n) is 9.08. The molecule has 3 nitrogen and oxygen atoms in total. The number of benzene rings is 1. The van der Waals surface area contributed by atoms with Gasteiger partial charge in [-0.15, -0.1) is 11.6 Å². The molecular formula is C21H26Cl2N2O. The van der Waals surface area contributed by atoms with Crippen LogP contribution >= 0.6 is 23.2 Å². The number of rotatable bonds is 7. The number of alkyl halides is 1. The average molecular weight is 393 g/mol. The molecule has 0 aliphatic rings. The second-order valence-electron chi connectivity index (χ2n) is 6.36. The van der Waals surface area contributed by atoms with Gasteiger partial charge in [0.1, 0.15) is 0 Å². The monoisotopic (exact) mass is 392 g/mol. The van der Waals surface area contributed by atoms with Gasteiger partial charge in [0.15, 0.2) is 0 Å². The first-order valence-corrected chi connectivity index (χ1v) is 9.99. The Labute approximate surface area is 166 Å². The summed E-state index contributed by atoms with van der Waals surface area (Å²) < 4.78 is 0. The number of amides is 1. The number of carbonyl (C=O) groups excluding carboxylic acids is 1. The van der Waals surface area contributed by atoms with E-state index in [4.69, 9.17) is 23.2 Å². The van der Waals surface area contributed by atoms with E-state index in [1.54, 1.807) is 0 Å². The van der Waals surface area contributed by atoms with Crippen molar-refractivity contribution in [2.75, 3.05) is 11.2 Å². The van der Waals surface area contributed by atoms with E-state index in [1.165, 1.54) is 0 Å². The lowest BCUT2D eigenvalue weighted by atomic mass is 10.0. The molecular weight excluding hydrogens is 367 g/mol. The molecule has 1 N–H and O–H groups in total. The Morgan fingerprint density at radius 1 is 1.12 bits per heavy atom. The summed E-state index contributed by atoms with van der Waals surface area (Å²) >= 11 is 12.4. The van der Waals surface area contributed by atoms with Crippen molar-refractivity contribution in [1.29, 1.82) is 0 Å². The van der Waals surface area contributed by atoms with Crippen LogP contribution in [0.4, 0.5) is 5.69 Å². The second-order valence-corrected chi connectivity index (χ2v) is 7.11. The van der Waals surface area contributed by atoms with Crippen molar-refractivity contribution in [1.82, 2.24) is 4.98 Å². The predicted octanol–water partition coefficient (Wildman–Crippen LogP) is 5.90. The number of para-hydroxylation sites is 1. The largest absolute Gasteiger partial charge is 0.321 e. The van der Waals surface area contributed by atoms with Crippen molar-refractivity contribution in [2.45, 2.75) is 53.4 Å². The molecule has 0 saturated carbocycles. The van der Waals surface area contributed by atoms with Crippen molar-refractivity contribution in [3.63, 3.8) is 0 Å². The van der Waals surface area contributed by atoms with Crippen LogP contribution in [0, 0.1) is 13.8 Å². The molecule has 1 aromatic heterocycles. The van der Waals surface area contributed by atoms with Gasteiger partial charge in [0.2, 0.25) is 0 Å². The van der Waals surface area contributed by atoms with Gasteiger partial charge < -0.3 is 5.32 Å². The maximum atomic E-state index is 13.1. The predicted molar refractivity (Wildman–Crippen MR) is 111 cm³/mol. The third-order valence-electron chi connectivity index (χ3n) is 4.64. The Bertz CT molecular complexity index is 781. The molecule has 1 heterocycles. The van der Waals surface area contributed by atoms with E-state index in [-0.39, 0.29) is 5.91 Å². The summed E-state index contributed by atoms with van der Waals surface area (Å²) in [7, 11) is 0. The molecule has 0 aliphatic heterocycles. The van der Waals surface area contributed by atoms with E-state index in [0.29, 0.717) is 28.6 Å². The van der Waals surface area contributed by atoms with Gasteiger partial charge in [-0.05, 0) is 56.2 Å². The third-order valence-corrected chi connectivity index (χ3v) is 5.33. The van der Waals surface area contributed by atoms with Gasteiger partial charge in [-0.2, -0.15) is 0 Å². The maximum absolute atomic E-state index is 13.1. The first kappa shape index (κ1) is 20.7. The zero-order valence-corrected chi connectivity index (χ0v) is 17.4. The van der Waals surface area contributed by atoms with Gasteiger partial charge in [0.25, 0.3) is 5.91 Å². The van der Waals surface area contributed by atoms with Crippen LogP contribution in [0.1, 0.15) is 58.7 Å². The lowest BCUT2D eigenvalue weighted by molar-refractivity contribution is 0.102. The molecule has 140 valence electrons. The number of halogens is 2. The topological polar surface area (TPSA) is 42.0 Å². The Morgan fingerprint density at radius 3 is 2.27 bits per heavy atom. The van der Waals surface area contributed by atoms with Crippen LogP contribution in [-0.4, -0.2) is 16.8 Å². The Morgan fingerprint density at radius 2 is 1.73 bits per heavy atom. The van der Waals surface area contributed by atoms with Gasteiger partial charge in [-0.1, -0.05) is 43.6 Å². The van der Waals surface area contributed by atoms with E-state index in [9.17, 15) is 4.79 Å². The van der Waals surface area contributed by atoms with E-state index in [1.807, 2.05) is 32.0 Å². The molecule has 0 radical (unpaired) electrons. The van der Waals surface area contributed by atoms with Gasteiger partial charge in [0, 0.05) is 17.3 Å². The number of nitrogens with one attached hydrogen (secondary N) is 1. The zero-order valence-electron chi connectivity index (χ0n) is 15.9. The van der Waals surface area contributed by atoms with Gasteiger partial charge >= 0.3 is 0 Å². The van der Waals surface area contributed by atoms with Gasteiger partial charge in [0.05, 0.1) is 16.3 Å². The molecule has 26 heavy (non-hydrogen) atoms. The number of carbonyl (C=O) groups is 1. The number of aromatic nitrogens is 1. The number of anilines is 1. The molecule has 0 fully saturated rings. The Hall–Kier alpha value is -1.58. The molecule has 0 bridgehead atoms. The third kappa shape index (κ3) is 4.39. The fourth-order valence-corrected chi connectivity index (χ4v) is 3.81. The Kier molecular flexibility index (Phi) is 7.48. The first-order chi connectivity index (χ1) is 12.4. The standard InChI is InChI=1S/C21H26Cl2N2O/c1-5-15-9-7-10-16(6-2)20(15)25-21(26)18-14(4)24-13(3)17(19(18)23)11-8-12-22/h7,9-10H,5-6,8,11-12H2,1-4H3,(H,25,26). The minimum atomic E-state index is -0.206. The molecule has 0 saturated heterocycles. The summed E-state index contributed by atoms with van der Waals surface area (Å²) in [5.41, 5.74) is 5.99. The van der Waals surface area contributed by atoms with Gasteiger partial charge in [-0.3, -0.25) is 9.78 Å². The van der Waals surface area contributed by atoms with Crippen molar-refractivity contribution >= 4 is 34.8 Å². The van der Waals surface area contributed by atoms with Crippen LogP contribution in [-0.2, 0) is 19.3 Å². The normalized spacial score (nSPS) is 10.8. The van der Waals surface area contributed by atoms with E-state index >= 15 is 0 Å². The zero-order chi connectivity index (χ0) is 19.3. The van der Waals surface area contributed by atoms with Crippen LogP contribution in [0.3, 0.4) is 0 Å². The molecule has 2 aromatic rings. The molecule has 0 atom stereocenters. The number of hydrogen-bond donors (Lipinski definition) is 1. The average Bonchev–Trinajstić information content (AvgIpc) is 2.61. The molecule has 5 heteroatoms. The number of pyridine rings is 1. The van der Waals surface area contributed by atoms with Crippen LogP contribution in [0.5, 0.6) is 0 Å². The van der Waals surface area contributed by atoms with E-state index in [2.05, 4.69) is 24.1 Å². The van der Waals surface area contributed by atoms with Crippen LogP contribution in [0.15, 0.2) is 18.2 Å².